The van der Waals surface area contributed by atoms with Crippen molar-refractivity contribution >= 4 is 14.1 Å². The maximum absolute atomic E-state index is 13.6. The van der Waals surface area contributed by atoms with E-state index in [1.807, 2.05) is 44.2 Å². The average Bonchev–Trinajstić information content (AvgIpc) is 2.65. The van der Waals surface area contributed by atoms with Crippen LogP contribution >= 0.6 is 0 Å². The van der Waals surface area contributed by atoms with Crippen LogP contribution in [0.2, 0.25) is 19.6 Å². The number of hydrogen-bond donors (Lipinski definition) is 1. The Hall–Kier alpha value is -0.973. The second kappa shape index (κ2) is 9.02. The highest BCUT2D eigenvalue weighted by Gasteiger charge is 2.45. The Labute approximate surface area is 166 Å². The molecule has 0 aliphatic heterocycles. The van der Waals surface area contributed by atoms with Crippen LogP contribution < -0.4 is 0 Å². The Morgan fingerprint density at radius 3 is 2.19 bits per heavy atom. The third kappa shape index (κ3) is 5.52. The Balaban J connectivity index is 2.25. The summed E-state index contributed by atoms with van der Waals surface area (Å²) in [5, 5.41) is 11.1. The fourth-order valence-corrected chi connectivity index (χ4v) is 6.05. The lowest BCUT2D eigenvalue weighted by molar-refractivity contribution is -0.144. The number of Topliss-reactive ketones (excluding diaryl/α,β-unsaturated/α-hetero) is 1. The smallest absolute Gasteiger partial charge is 0.185 e. The van der Waals surface area contributed by atoms with E-state index in [4.69, 9.17) is 4.43 Å². The van der Waals surface area contributed by atoms with Gasteiger partial charge in [-0.05, 0) is 44.0 Å². The first-order valence-electron chi connectivity index (χ1n) is 10.5. The van der Waals surface area contributed by atoms with Crippen LogP contribution in [-0.4, -0.2) is 25.3 Å². The molecular formula is C23H38O3Si. The molecule has 0 saturated heterocycles. The molecule has 1 N–H and O–H groups in total. The van der Waals surface area contributed by atoms with Crippen molar-refractivity contribution in [1.82, 2.24) is 0 Å². The van der Waals surface area contributed by atoms with Crippen molar-refractivity contribution in [2.45, 2.75) is 84.2 Å². The lowest BCUT2D eigenvalue weighted by atomic mass is 9.73. The highest BCUT2D eigenvalue weighted by molar-refractivity contribution is 6.70. The van der Waals surface area contributed by atoms with Gasteiger partial charge in [-0.15, -0.1) is 0 Å². The van der Waals surface area contributed by atoms with Crippen LogP contribution in [0, 0.1) is 17.8 Å². The molecule has 0 radical (unpaired) electrons. The van der Waals surface area contributed by atoms with Gasteiger partial charge in [0, 0.05) is 5.92 Å². The molecule has 1 aromatic rings. The van der Waals surface area contributed by atoms with Crippen LogP contribution in [0.15, 0.2) is 30.3 Å². The van der Waals surface area contributed by atoms with Crippen molar-refractivity contribution < 1.29 is 14.3 Å². The summed E-state index contributed by atoms with van der Waals surface area (Å²) in [5.41, 5.74) is -0.139. The minimum atomic E-state index is -1.98. The first-order chi connectivity index (χ1) is 12.6. The summed E-state index contributed by atoms with van der Waals surface area (Å²) in [4.78, 5) is 13.6. The number of carbonyl (C=O) groups is 1. The van der Waals surface area contributed by atoms with Crippen LogP contribution in [-0.2, 0) is 14.8 Å². The topological polar surface area (TPSA) is 46.5 Å². The van der Waals surface area contributed by atoms with Crippen molar-refractivity contribution in [1.29, 1.82) is 0 Å². The maximum Gasteiger partial charge on any atom is 0.185 e. The highest BCUT2D eigenvalue weighted by atomic mass is 28.4. The van der Waals surface area contributed by atoms with E-state index in [-0.39, 0.29) is 11.7 Å². The number of ketones is 1. The van der Waals surface area contributed by atoms with Gasteiger partial charge in [0.15, 0.2) is 14.1 Å². The molecule has 1 aliphatic carbocycles. The largest absolute Gasteiger partial charge is 0.402 e. The zero-order valence-electron chi connectivity index (χ0n) is 18.0. The van der Waals surface area contributed by atoms with Gasteiger partial charge in [0.25, 0.3) is 0 Å². The fourth-order valence-electron chi connectivity index (χ4n) is 4.60. The van der Waals surface area contributed by atoms with Crippen molar-refractivity contribution in [3.63, 3.8) is 0 Å². The summed E-state index contributed by atoms with van der Waals surface area (Å²) in [6, 6.07) is 9.76. The van der Waals surface area contributed by atoms with Crippen LogP contribution in [0.25, 0.3) is 0 Å². The second-order valence-corrected chi connectivity index (χ2v) is 13.9. The van der Waals surface area contributed by atoms with Gasteiger partial charge in [-0.1, -0.05) is 76.3 Å². The molecule has 4 atom stereocenters. The zero-order valence-corrected chi connectivity index (χ0v) is 19.0. The van der Waals surface area contributed by atoms with Gasteiger partial charge in [0.05, 0.1) is 6.10 Å². The maximum atomic E-state index is 13.6. The van der Waals surface area contributed by atoms with Crippen molar-refractivity contribution in [2.24, 2.45) is 17.8 Å². The number of benzene rings is 1. The molecule has 0 spiro atoms. The third-order valence-corrected chi connectivity index (χ3v) is 7.18. The molecular weight excluding hydrogens is 352 g/mol. The number of carbonyl (C=O) groups excluding carboxylic acids is 1. The van der Waals surface area contributed by atoms with Gasteiger partial charge in [0.1, 0.15) is 5.60 Å². The summed E-state index contributed by atoms with van der Waals surface area (Å²) >= 11 is 0. The molecule has 2 rings (SSSR count). The number of aliphatic hydroxyl groups is 1. The average molecular weight is 391 g/mol. The van der Waals surface area contributed by atoms with E-state index in [0.29, 0.717) is 5.92 Å². The van der Waals surface area contributed by atoms with E-state index >= 15 is 0 Å². The summed E-state index contributed by atoms with van der Waals surface area (Å²) in [6.07, 6.45) is 5.48. The van der Waals surface area contributed by atoms with Gasteiger partial charge in [-0.2, -0.15) is 0 Å². The summed E-state index contributed by atoms with van der Waals surface area (Å²) in [7, 11) is -1.98. The van der Waals surface area contributed by atoms with E-state index in [1.54, 1.807) is 0 Å². The zero-order chi connectivity index (χ0) is 20.2. The summed E-state index contributed by atoms with van der Waals surface area (Å²) < 4.78 is 6.45. The molecule has 0 bridgehead atoms. The standard InChI is InChI=1S/C23H38O3Si/c1-17(19-13-9-7-10-14-19)21(24)18(2)22(25)23(3,26-27(4,5)6)20-15-11-8-12-16-20/h8,11-12,15-19,21,24H,7,9-10,13-14H2,1-6H3/t17-,18+,21-,23-/m0/s1. The molecule has 3 nitrogen and oxygen atoms in total. The van der Waals surface area contributed by atoms with Gasteiger partial charge < -0.3 is 9.53 Å². The number of rotatable bonds is 8. The predicted octanol–water partition coefficient (Wildman–Crippen LogP) is 5.54. The molecule has 0 aromatic heterocycles. The first-order valence-corrected chi connectivity index (χ1v) is 13.9. The molecule has 0 unspecified atom stereocenters. The molecule has 27 heavy (non-hydrogen) atoms. The van der Waals surface area contributed by atoms with E-state index < -0.39 is 25.9 Å². The third-order valence-electron chi connectivity index (χ3n) is 6.16. The van der Waals surface area contributed by atoms with Gasteiger partial charge in [-0.25, -0.2) is 0 Å². The van der Waals surface area contributed by atoms with Crippen molar-refractivity contribution in [3.8, 4) is 0 Å². The van der Waals surface area contributed by atoms with Gasteiger partial charge in [-0.3, -0.25) is 4.79 Å². The predicted molar refractivity (Wildman–Crippen MR) is 114 cm³/mol. The molecule has 1 saturated carbocycles. The SMILES string of the molecule is C[C@@H](C(=O)[C@@](C)(O[Si](C)(C)C)c1ccccc1)[C@@H](O)[C@@H](C)C1CCCCC1. The summed E-state index contributed by atoms with van der Waals surface area (Å²) in [5.74, 6) is 0.191. The van der Waals surface area contributed by atoms with Crippen molar-refractivity contribution in [3.05, 3.63) is 35.9 Å². The normalized spacial score (nSPS) is 21.9. The van der Waals surface area contributed by atoms with Crippen LogP contribution in [0.4, 0.5) is 0 Å². The molecule has 152 valence electrons. The molecule has 0 amide bonds. The van der Waals surface area contributed by atoms with Crippen LogP contribution in [0.1, 0.15) is 58.4 Å². The highest BCUT2D eigenvalue weighted by Crippen LogP contribution is 2.37. The van der Waals surface area contributed by atoms with Crippen LogP contribution in [0.3, 0.4) is 0 Å². The van der Waals surface area contributed by atoms with E-state index in [0.717, 1.165) is 5.56 Å². The monoisotopic (exact) mass is 390 g/mol. The number of hydrogen-bond acceptors (Lipinski definition) is 3. The molecule has 1 fully saturated rings. The molecule has 4 heteroatoms. The van der Waals surface area contributed by atoms with Crippen molar-refractivity contribution in [2.75, 3.05) is 0 Å². The quantitative estimate of drug-likeness (QED) is 0.593. The van der Waals surface area contributed by atoms with Gasteiger partial charge >= 0.3 is 0 Å². The summed E-state index contributed by atoms with van der Waals surface area (Å²) in [6.45, 7) is 12.2. The minimum absolute atomic E-state index is 0.00807. The molecule has 0 heterocycles. The van der Waals surface area contributed by atoms with E-state index in [2.05, 4.69) is 26.6 Å². The van der Waals surface area contributed by atoms with E-state index in [1.165, 1.54) is 32.1 Å². The first kappa shape index (κ1) is 22.3. The van der Waals surface area contributed by atoms with E-state index in [9.17, 15) is 9.90 Å². The number of aliphatic hydroxyl groups excluding tert-OH is 1. The Morgan fingerprint density at radius 1 is 1.11 bits per heavy atom. The molecule has 1 aromatic carbocycles. The lowest BCUT2D eigenvalue weighted by Gasteiger charge is -2.40. The Bertz CT molecular complexity index is 604. The lowest BCUT2D eigenvalue weighted by Crippen LogP contribution is -2.49. The fraction of sp³-hybridized carbons (Fsp3) is 0.696. The minimum Gasteiger partial charge on any atom is -0.402 e. The van der Waals surface area contributed by atoms with Crippen LogP contribution in [0.5, 0.6) is 0 Å². The Kier molecular flexibility index (Phi) is 7.45. The van der Waals surface area contributed by atoms with Gasteiger partial charge in [0.2, 0.25) is 0 Å². The Morgan fingerprint density at radius 2 is 1.67 bits per heavy atom. The second-order valence-electron chi connectivity index (χ2n) is 9.51. The molecule has 1 aliphatic rings.